The Morgan fingerprint density at radius 1 is 0.889 bits per heavy atom. The van der Waals surface area contributed by atoms with Crippen LogP contribution in [0.3, 0.4) is 0 Å². The molecule has 0 unspecified atom stereocenters. The zero-order valence-electron chi connectivity index (χ0n) is 11.0. The van der Waals surface area contributed by atoms with E-state index in [-0.39, 0.29) is 5.54 Å². The molecule has 0 aromatic heterocycles. The Hall–Kier alpha value is -1.80. The fraction of sp³-hybridized carbons (Fsp3) is 0.250. The lowest BCUT2D eigenvalue weighted by Crippen LogP contribution is -2.39. The highest BCUT2D eigenvalue weighted by Gasteiger charge is 2.14. The number of nitrogens with one attached hydrogen (secondary N) is 1. The van der Waals surface area contributed by atoms with Crippen LogP contribution < -0.4 is 11.1 Å². The van der Waals surface area contributed by atoms with Crippen LogP contribution in [-0.2, 0) is 0 Å². The normalized spacial score (nSPS) is 11.3. The molecule has 3 N–H and O–H groups in total. The second-order valence-corrected chi connectivity index (χ2v) is 5.16. The first-order valence-corrected chi connectivity index (χ1v) is 6.24. The summed E-state index contributed by atoms with van der Waals surface area (Å²) >= 11 is 0. The van der Waals surface area contributed by atoms with Crippen molar-refractivity contribution in [2.24, 2.45) is 5.73 Å². The summed E-state index contributed by atoms with van der Waals surface area (Å²) in [6.07, 6.45) is 0. The lowest BCUT2D eigenvalue weighted by molar-refractivity contribution is 0.580. The van der Waals surface area contributed by atoms with E-state index in [0.717, 1.165) is 5.69 Å². The number of nitrogens with two attached hydrogens (primary N) is 1. The summed E-state index contributed by atoms with van der Waals surface area (Å²) in [5.74, 6) is 0. The smallest absolute Gasteiger partial charge is 0.0439 e. The Morgan fingerprint density at radius 2 is 1.44 bits per heavy atom. The molecule has 2 aromatic carbocycles. The lowest BCUT2D eigenvalue weighted by atomic mass is 10.0. The Morgan fingerprint density at radius 3 is 2.00 bits per heavy atom. The largest absolute Gasteiger partial charge is 0.379 e. The molecule has 0 aliphatic carbocycles. The van der Waals surface area contributed by atoms with Crippen molar-refractivity contribution >= 4 is 5.69 Å². The number of rotatable bonds is 4. The first kappa shape index (κ1) is 12.7. The summed E-state index contributed by atoms with van der Waals surface area (Å²) in [6.45, 7) is 4.80. The van der Waals surface area contributed by atoms with Gasteiger partial charge in [-0.3, -0.25) is 0 Å². The molecule has 0 spiro atoms. The number of anilines is 1. The number of benzene rings is 2. The summed E-state index contributed by atoms with van der Waals surface area (Å²) in [5, 5.41) is 3.42. The minimum Gasteiger partial charge on any atom is -0.379 e. The van der Waals surface area contributed by atoms with Crippen molar-refractivity contribution in [1.82, 2.24) is 0 Å². The topological polar surface area (TPSA) is 38.0 Å². The van der Waals surface area contributed by atoms with Crippen LogP contribution in [-0.4, -0.2) is 12.1 Å². The van der Waals surface area contributed by atoms with Gasteiger partial charge < -0.3 is 11.1 Å². The third-order valence-corrected chi connectivity index (χ3v) is 2.99. The van der Waals surface area contributed by atoms with Crippen molar-refractivity contribution in [2.75, 3.05) is 11.9 Å². The van der Waals surface area contributed by atoms with E-state index in [0.29, 0.717) is 6.54 Å². The Bertz CT molecular complexity index is 486. The summed E-state index contributed by atoms with van der Waals surface area (Å²) in [5.41, 5.74) is 9.21. The van der Waals surface area contributed by atoms with Crippen molar-refractivity contribution in [2.45, 2.75) is 19.4 Å². The van der Waals surface area contributed by atoms with Gasteiger partial charge in [0, 0.05) is 17.8 Å². The van der Waals surface area contributed by atoms with Gasteiger partial charge in [0.1, 0.15) is 0 Å². The SMILES string of the molecule is CC(C)(CN)Nc1ccc(-c2ccccc2)cc1. The zero-order valence-corrected chi connectivity index (χ0v) is 11.0. The molecule has 18 heavy (non-hydrogen) atoms. The van der Waals surface area contributed by atoms with Crippen molar-refractivity contribution in [3.8, 4) is 11.1 Å². The van der Waals surface area contributed by atoms with Crippen LogP contribution >= 0.6 is 0 Å². The molecule has 2 heteroatoms. The zero-order chi connectivity index (χ0) is 13.0. The van der Waals surface area contributed by atoms with Crippen LogP contribution in [0.15, 0.2) is 54.6 Å². The highest BCUT2D eigenvalue weighted by atomic mass is 15.0. The first-order chi connectivity index (χ1) is 8.61. The first-order valence-electron chi connectivity index (χ1n) is 6.24. The van der Waals surface area contributed by atoms with E-state index in [2.05, 4.69) is 67.7 Å². The molecule has 0 aliphatic rings. The fourth-order valence-corrected chi connectivity index (χ4v) is 1.82. The Balaban J connectivity index is 2.16. The second-order valence-electron chi connectivity index (χ2n) is 5.16. The van der Waals surface area contributed by atoms with Gasteiger partial charge in [-0.15, -0.1) is 0 Å². The van der Waals surface area contributed by atoms with Crippen LogP contribution in [0.25, 0.3) is 11.1 Å². The van der Waals surface area contributed by atoms with Crippen molar-refractivity contribution in [3.05, 3.63) is 54.6 Å². The van der Waals surface area contributed by atoms with Gasteiger partial charge in [-0.2, -0.15) is 0 Å². The van der Waals surface area contributed by atoms with Crippen LogP contribution in [0.2, 0.25) is 0 Å². The number of hydrogen-bond donors (Lipinski definition) is 2. The molecule has 0 heterocycles. The van der Waals surface area contributed by atoms with Gasteiger partial charge in [0.05, 0.1) is 0 Å². The molecule has 0 atom stereocenters. The third-order valence-electron chi connectivity index (χ3n) is 2.99. The number of hydrogen-bond acceptors (Lipinski definition) is 2. The maximum atomic E-state index is 5.71. The van der Waals surface area contributed by atoms with Crippen LogP contribution in [0.4, 0.5) is 5.69 Å². The predicted octanol–water partition coefficient (Wildman–Crippen LogP) is 3.50. The van der Waals surface area contributed by atoms with Crippen LogP contribution in [0, 0.1) is 0 Å². The van der Waals surface area contributed by atoms with Gasteiger partial charge in [-0.1, -0.05) is 42.5 Å². The summed E-state index contributed by atoms with van der Waals surface area (Å²) in [6, 6.07) is 18.8. The van der Waals surface area contributed by atoms with Gasteiger partial charge in [0.25, 0.3) is 0 Å². The van der Waals surface area contributed by atoms with Crippen molar-refractivity contribution < 1.29 is 0 Å². The summed E-state index contributed by atoms with van der Waals surface area (Å²) in [4.78, 5) is 0. The average Bonchev–Trinajstić information content (AvgIpc) is 2.40. The molecule has 2 rings (SSSR count). The average molecular weight is 240 g/mol. The minimum atomic E-state index is -0.0751. The monoisotopic (exact) mass is 240 g/mol. The van der Waals surface area contributed by atoms with Gasteiger partial charge in [0.2, 0.25) is 0 Å². The molecule has 0 fully saturated rings. The maximum Gasteiger partial charge on any atom is 0.0439 e. The fourth-order valence-electron chi connectivity index (χ4n) is 1.82. The van der Waals surface area contributed by atoms with Gasteiger partial charge >= 0.3 is 0 Å². The van der Waals surface area contributed by atoms with E-state index in [4.69, 9.17) is 5.73 Å². The predicted molar refractivity (Wildman–Crippen MR) is 78.6 cm³/mol. The maximum absolute atomic E-state index is 5.71. The Kier molecular flexibility index (Phi) is 3.68. The van der Waals surface area contributed by atoms with Crippen LogP contribution in [0.5, 0.6) is 0 Å². The van der Waals surface area contributed by atoms with E-state index in [1.54, 1.807) is 0 Å². The summed E-state index contributed by atoms with van der Waals surface area (Å²) < 4.78 is 0. The van der Waals surface area contributed by atoms with Gasteiger partial charge in [-0.05, 0) is 37.1 Å². The summed E-state index contributed by atoms with van der Waals surface area (Å²) in [7, 11) is 0. The van der Waals surface area contributed by atoms with E-state index in [1.807, 2.05) is 6.07 Å². The quantitative estimate of drug-likeness (QED) is 0.858. The van der Waals surface area contributed by atoms with Gasteiger partial charge in [0.15, 0.2) is 0 Å². The standard InChI is InChI=1S/C16H20N2/c1-16(2,12-17)18-15-10-8-14(9-11-15)13-6-4-3-5-7-13/h3-11,18H,12,17H2,1-2H3. The molecule has 94 valence electrons. The highest BCUT2D eigenvalue weighted by molar-refractivity contribution is 5.66. The molecule has 0 radical (unpaired) electrons. The molecule has 2 nitrogen and oxygen atoms in total. The Labute approximate surface area is 109 Å². The van der Waals surface area contributed by atoms with Gasteiger partial charge in [-0.25, -0.2) is 0 Å². The molecular formula is C16H20N2. The molecular weight excluding hydrogens is 220 g/mol. The van der Waals surface area contributed by atoms with Crippen LogP contribution in [0.1, 0.15) is 13.8 Å². The molecule has 0 saturated carbocycles. The van der Waals surface area contributed by atoms with E-state index >= 15 is 0 Å². The minimum absolute atomic E-state index is 0.0751. The molecule has 0 saturated heterocycles. The van der Waals surface area contributed by atoms with Crippen molar-refractivity contribution in [1.29, 1.82) is 0 Å². The third kappa shape index (κ3) is 3.11. The molecule has 0 aliphatic heterocycles. The lowest BCUT2D eigenvalue weighted by Gasteiger charge is -2.25. The highest BCUT2D eigenvalue weighted by Crippen LogP contribution is 2.22. The van der Waals surface area contributed by atoms with E-state index < -0.39 is 0 Å². The van der Waals surface area contributed by atoms with Crippen molar-refractivity contribution in [3.63, 3.8) is 0 Å². The van der Waals surface area contributed by atoms with E-state index in [1.165, 1.54) is 11.1 Å². The molecule has 0 bridgehead atoms. The second kappa shape index (κ2) is 5.23. The molecule has 0 amide bonds. The molecule has 2 aromatic rings. The van der Waals surface area contributed by atoms with E-state index in [9.17, 15) is 0 Å².